The third-order valence-electron chi connectivity index (χ3n) is 2.54. The Hall–Kier alpha value is -1.84. The Kier molecular flexibility index (Phi) is 5.20. The number of amides is 1. The van der Waals surface area contributed by atoms with E-state index in [9.17, 15) is 9.59 Å². The van der Waals surface area contributed by atoms with E-state index in [-0.39, 0.29) is 18.7 Å². The fraction of sp³-hybridized carbons (Fsp3) is 0.385. The van der Waals surface area contributed by atoms with Crippen LogP contribution in [0.4, 0.5) is 0 Å². The minimum atomic E-state index is -0.950. The fourth-order valence-electron chi connectivity index (χ4n) is 1.58. The first-order valence-electron chi connectivity index (χ1n) is 5.68. The molecule has 2 N–H and O–H groups in total. The van der Waals surface area contributed by atoms with Crippen molar-refractivity contribution in [1.29, 1.82) is 0 Å². The number of aliphatic carboxylic acids is 1. The van der Waals surface area contributed by atoms with Crippen molar-refractivity contribution in [1.82, 2.24) is 5.32 Å². The van der Waals surface area contributed by atoms with Crippen LogP contribution in [0.2, 0.25) is 0 Å². The Labute approximate surface area is 101 Å². The molecule has 0 saturated heterocycles. The predicted molar refractivity (Wildman–Crippen MR) is 64.5 cm³/mol. The van der Waals surface area contributed by atoms with E-state index >= 15 is 0 Å². The van der Waals surface area contributed by atoms with Gasteiger partial charge in [-0.2, -0.15) is 0 Å². The summed E-state index contributed by atoms with van der Waals surface area (Å²) in [5, 5.41) is 11.2. The van der Waals surface area contributed by atoms with Gasteiger partial charge < -0.3 is 10.4 Å². The topological polar surface area (TPSA) is 66.4 Å². The predicted octanol–water partition coefficient (Wildman–Crippen LogP) is 1.73. The summed E-state index contributed by atoms with van der Waals surface area (Å²) in [6, 6.07) is 7.89. The lowest BCUT2D eigenvalue weighted by Crippen LogP contribution is -2.23. The maximum absolute atomic E-state index is 11.3. The van der Waals surface area contributed by atoms with Crippen LogP contribution in [0.3, 0.4) is 0 Å². The number of rotatable bonds is 6. The highest BCUT2D eigenvalue weighted by atomic mass is 16.4. The van der Waals surface area contributed by atoms with Gasteiger partial charge in [-0.05, 0) is 17.5 Å². The molecule has 0 atom stereocenters. The molecule has 1 aromatic carbocycles. The smallest absolute Gasteiger partial charge is 0.303 e. The number of hydrogen-bond donors (Lipinski definition) is 2. The average molecular weight is 235 g/mol. The molecule has 0 heterocycles. The van der Waals surface area contributed by atoms with E-state index in [1.165, 1.54) is 5.56 Å². The van der Waals surface area contributed by atoms with Crippen LogP contribution in [0, 0.1) is 0 Å². The van der Waals surface area contributed by atoms with E-state index in [1.54, 1.807) is 0 Å². The maximum Gasteiger partial charge on any atom is 0.303 e. The Morgan fingerprint density at radius 1 is 1.18 bits per heavy atom. The molecular formula is C13H17NO3. The molecule has 0 radical (unpaired) electrons. The van der Waals surface area contributed by atoms with E-state index in [0.717, 1.165) is 12.0 Å². The van der Waals surface area contributed by atoms with Crippen molar-refractivity contribution >= 4 is 11.9 Å². The molecule has 17 heavy (non-hydrogen) atoms. The highest BCUT2D eigenvalue weighted by Crippen LogP contribution is 2.08. The zero-order valence-corrected chi connectivity index (χ0v) is 9.90. The molecule has 0 aliphatic rings. The average Bonchev–Trinajstić information content (AvgIpc) is 2.34. The number of carbonyl (C=O) groups is 2. The van der Waals surface area contributed by atoms with Crippen molar-refractivity contribution in [3.8, 4) is 0 Å². The normalized spacial score (nSPS) is 9.94. The summed E-state index contributed by atoms with van der Waals surface area (Å²) in [5.74, 6) is -1.17. The van der Waals surface area contributed by atoms with Gasteiger partial charge >= 0.3 is 5.97 Å². The lowest BCUT2D eigenvalue weighted by atomic mass is 10.1. The highest BCUT2D eigenvalue weighted by Gasteiger charge is 2.06. The Bertz CT molecular complexity index is 401. The van der Waals surface area contributed by atoms with Crippen molar-refractivity contribution in [3.63, 3.8) is 0 Å². The fourth-order valence-corrected chi connectivity index (χ4v) is 1.58. The van der Waals surface area contributed by atoms with Gasteiger partial charge in [0, 0.05) is 13.0 Å². The van der Waals surface area contributed by atoms with Crippen LogP contribution in [-0.2, 0) is 22.6 Å². The second kappa shape index (κ2) is 6.68. The van der Waals surface area contributed by atoms with Gasteiger partial charge in [-0.25, -0.2) is 0 Å². The minimum absolute atomic E-state index is 0.0314. The quantitative estimate of drug-likeness (QED) is 0.789. The second-order valence-electron chi connectivity index (χ2n) is 3.79. The molecule has 0 aliphatic heterocycles. The van der Waals surface area contributed by atoms with Crippen LogP contribution >= 0.6 is 0 Å². The van der Waals surface area contributed by atoms with E-state index in [0.29, 0.717) is 6.54 Å². The minimum Gasteiger partial charge on any atom is -0.481 e. The van der Waals surface area contributed by atoms with Gasteiger partial charge in [0.2, 0.25) is 5.91 Å². The van der Waals surface area contributed by atoms with Gasteiger partial charge in [0.15, 0.2) is 0 Å². The molecule has 0 aromatic heterocycles. The van der Waals surface area contributed by atoms with Gasteiger partial charge in [0.1, 0.15) is 0 Å². The molecule has 4 nitrogen and oxygen atoms in total. The molecule has 1 aromatic rings. The Morgan fingerprint density at radius 2 is 1.82 bits per heavy atom. The van der Waals surface area contributed by atoms with E-state index < -0.39 is 5.97 Å². The maximum atomic E-state index is 11.3. The van der Waals surface area contributed by atoms with Crippen LogP contribution in [0.5, 0.6) is 0 Å². The number of carboxylic acids is 1. The Morgan fingerprint density at radius 3 is 2.41 bits per heavy atom. The molecular weight excluding hydrogens is 218 g/mol. The van der Waals surface area contributed by atoms with Crippen molar-refractivity contribution in [2.24, 2.45) is 0 Å². The molecule has 4 heteroatoms. The third kappa shape index (κ3) is 4.68. The zero-order chi connectivity index (χ0) is 12.7. The summed E-state index contributed by atoms with van der Waals surface area (Å²) in [4.78, 5) is 21.6. The van der Waals surface area contributed by atoms with Gasteiger partial charge in [-0.15, -0.1) is 0 Å². The number of aryl methyl sites for hydroxylation is 1. The standard InChI is InChI=1S/C13H17NO3/c1-2-10-5-3-4-6-11(10)9-14-12(15)7-8-13(16)17/h3-6H,2,7-9H2,1H3,(H,14,15)(H,16,17). The van der Waals surface area contributed by atoms with Crippen LogP contribution in [0.15, 0.2) is 24.3 Å². The summed E-state index contributed by atoms with van der Waals surface area (Å²) < 4.78 is 0. The summed E-state index contributed by atoms with van der Waals surface area (Å²) in [6.07, 6.45) is 0.825. The summed E-state index contributed by atoms with van der Waals surface area (Å²) in [6.45, 7) is 2.52. The van der Waals surface area contributed by atoms with Crippen molar-refractivity contribution in [2.45, 2.75) is 32.7 Å². The molecule has 0 fully saturated rings. The molecule has 0 unspecified atom stereocenters. The zero-order valence-electron chi connectivity index (χ0n) is 9.90. The molecule has 0 aliphatic carbocycles. The number of carbonyl (C=O) groups excluding carboxylic acids is 1. The monoisotopic (exact) mass is 235 g/mol. The number of benzene rings is 1. The van der Waals surface area contributed by atoms with E-state index in [1.807, 2.05) is 24.3 Å². The molecule has 0 spiro atoms. The SMILES string of the molecule is CCc1ccccc1CNC(=O)CCC(=O)O. The van der Waals surface area contributed by atoms with Crippen molar-refractivity contribution < 1.29 is 14.7 Å². The number of carboxylic acid groups (broad SMARTS) is 1. The number of hydrogen-bond acceptors (Lipinski definition) is 2. The molecule has 1 rings (SSSR count). The number of nitrogens with one attached hydrogen (secondary N) is 1. The molecule has 92 valence electrons. The second-order valence-corrected chi connectivity index (χ2v) is 3.79. The third-order valence-corrected chi connectivity index (χ3v) is 2.54. The Balaban J connectivity index is 2.44. The first kappa shape index (κ1) is 13.2. The van der Waals surface area contributed by atoms with Gasteiger partial charge in [0.25, 0.3) is 0 Å². The van der Waals surface area contributed by atoms with Crippen LogP contribution < -0.4 is 5.32 Å². The van der Waals surface area contributed by atoms with Crippen molar-refractivity contribution in [2.75, 3.05) is 0 Å². The molecule has 0 bridgehead atoms. The van der Waals surface area contributed by atoms with Crippen LogP contribution in [0.1, 0.15) is 30.9 Å². The van der Waals surface area contributed by atoms with Crippen LogP contribution in [0.25, 0.3) is 0 Å². The van der Waals surface area contributed by atoms with E-state index in [2.05, 4.69) is 12.2 Å². The first-order valence-corrected chi connectivity index (χ1v) is 5.68. The van der Waals surface area contributed by atoms with Gasteiger partial charge in [0.05, 0.1) is 6.42 Å². The van der Waals surface area contributed by atoms with Crippen LogP contribution in [-0.4, -0.2) is 17.0 Å². The summed E-state index contributed by atoms with van der Waals surface area (Å²) in [5.41, 5.74) is 2.28. The van der Waals surface area contributed by atoms with Gasteiger partial charge in [-0.3, -0.25) is 9.59 Å². The largest absolute Gasteiger partial charge is 0.481 e. The first-order chi connectivity index (χ1) is 8.13. The van der Waals surface area contributed by atoms with E-state index in [4.69, 9.17) is 5.11 Å². The molecule has 1 amide bonds. The van der Waals surface area contributed by atoms with Crippen molar-refractivity contribution in [3.05, 3.63) is 35.4 Å². The lowest BCUT2D eigenvalue weighted by Gasteiger charge is -2.08. The summed E-state index contributed by atoms with van der Waals surface area (Å²) >= 11 is 0. The summed E-state index contributed by atoms with van der Waals surface area (Å²) in [7, 11) is 0. The van der Waals surface area contributed by atoms with Gasteiger partial charge in [-0.1, -0.05) is 31.2 Å². The lowest BCUT2D eigenvalue weighted by molar-refractivity contribution is -0.138. The molecule has 0 saturated carbocycles. The highest BCUT2D eigenvalue weighted by molar-refractivity contribution is 5.80.